The van der Waals surface area contributed by atoms with Gasteiger partial charge in [0, 0.05) is 48.3 Å². The van der Waals surface area contributed by atoms with E-state index in [2.05, 4.69) is 16.4 Å². The zero-order valence-corrected chi connectivity index (χ0v) is 15.9. The number of nitrogens with one attached hydrogen (secondary N) is 1. The van der Waals surface area contributed by atoms with Gasteiger partial charge >= 0.3 is 0 Å². The second-order valence-electron chi connectivity index (χ2n) is 5.80. The maximum Gasteiger partial charge on any atom is 0.265 e. The number of rotatable bonds is 4. The van der Waals surface area contributed by atoms with Gasteiger partial charge in [-0.15, -0.1) is 12.4 Å². The molecule has 4 nitrogen and oxygen atoms in total. The smallest absolute Gasteiger partial charge is 0.265 e. The first-order valence-electron chi connectivity index (χ1n) is 7.89. The molecule has 134 valence electrons. The Morgan fingerprint density at radius 3 is 2.24 bits per heavy atom. The molecule has 0 radical (unpaired) electrons. The molecule has 1 amide bonds. The Labute approximate surface area is 164 Å². The molecule has 0 saturated carbocycles. The molecule has 0 bridgehead atoms. The zero-order valence-electron chi connectivity index (χ0n) is 13.6. The van der Waals surface area contributed by atoms with E-state index in [1.165, 1.54) is 0 Å². The number of carbonyl (C=O) groups is 1. The van der Waals surface area contributed by atoms with Crippen LogP contribution in [0.3, 0.4) is 0 Å². The molecular weight excluding hydrogens is 381 g/mol. The predicted molar refractivity (Wildman–Crippen MR) is 104 cm³/mol. The van der Waals surface area contributed by atoms with E-state index in [1.54, 1.807) is 24.3 Å². The fraction of sp³-hybridized carbons (Fsp3) is 0.278. The highest BCUT2D eigenvalue weighted by molar-refractivity contribution is 6.31. The standard InChI is InChI=1S/C18H19Cl2N3O.ClH/c19-16-7-5-14(6-8-16)18(24)21-23-11-9-22(10-12-23)13-15-3-1-2-4-17(15)20;/h1-8H,9-13H2,(H,21,24);1H. The van der Waals surface area contributed by atoms with Crippen LogP contribution in [-0.2, 0) is 6.54 Å². The first-order chi connectivity index (χ1) is 11.6. The number of benzene rings is 2. The molecule has 0 unspecified atom stereocenters. The van der Waals surface area contributed by atoms with Crippen LogP contribution in [0.1, 0.15) is 15.9 Å². The summed E-state index contributed by atoms with van der Waals surface area (Å²) in [7, 11) is 0. The molecule has 0 atom stereocenters. The molecule has 1 aliphatic rings. The van der Waals surface area contributed by atoms with Crippen LogP contribution in [0.15, 0.2) is 48.5 Å². The Morgan fingerprint density at radius 2 is 1.60 bits per heavy atom. The summed E-state index contributed by atoms with van der Waals surface area (Å²) in [5, 5.41) is 3.38. The predicted octanol–water partition coefficient (Wildman–Crippen LogP) is 3.88. The van der Waals surface area contributed by atoms with Gasteiger partial charge in [-0.2, -0.15) is 0 Å². The molecule has 1 aliphatic heterocycles. The third kappa shape index (κ3) is 5.59. The third-order valence-corrected chi connectivity index (χ3v) is 4.71. The fourth-order valence-electron chi connectivity index (χ4n) is 2.69. The molecule has 0 aliphatic carbocycles. The number of hydrazine groups is 1. The van der Waals surface area contributed by atoms with E-state index in [-0.39, 0.29) is 18.3 Å². The summed E-state index contributed by atoms with van der Waals surface area (Å²) >= 11 is 12.1. The minimum absolute atomic E-state index is 0. The van der Waals surface area contributed by atoms with Crippen molar-refractivity contribution in [1.29, 1.82) is 0 Å². The Morgan fingerprint density at radius 1 is 0.960 bits per heavy atom. The second kappa shape index (κ2) is 9.41. The first kappa shape index (κ1) is 20.0. The first-order valence-corrected chi connectivity index (χ1v) is 8.65. The number of piperazine rings is 1. The van der Waals surface area contributed by atoms with Gasteiger partial charge in [-0.1, -0.05) is 41.4 Å². The second-order valence-corrected chi connectivity index (χ2v) is 6.65. The Hall–Kier alpha value is -1.30. The highest BCUT2D eigenvalue weighted by atomic mass is 35.5. The number of halogens is 3. The lowest BCUT2D eigenvalue weighted by Crippen LogP contribution is -2.53. The van der Waals surface area contributed by atoms with E-state index in [4.69, 9.17) is 23.2 Å². The van der Waals surface area contributed by atoms with Crippen LogP contribution in [-0.4, -0.2) is 42.0 Å². The van der Waals surface area contributed by atoms with Gasteiger partial charge in [0.25, 0.3) is 5.91 Å². The van der Waals surface area contributed by atoms with Gasteiger partial charge in [0.2, 0.25) is 0 Å². The van der Waals surface area contributed by atoms with Crippen LogP contribution in [0, 0.1) is 0 Å². The summed E-state index contributed by atoms with van der Waals surface area (Å²) in [4.78, 5) is 14.6. The van der Waals surface area contributed by atoms with Gasteiger partial charge in [0.05, 0.1) is 0 Å². The molecule has 2 aromatic rings. The summed E-state index contributed by atoms with van der Waals surface area (Å²) in [5.74, 6) is -0.105. The summed E-state index contributed by atoms with van der Waals surface area (Å²) in [6, 6.07) is 14.8. The third-order valence-electron chi connectivity index (χ3n) is 4.09. The summed E-state index contributed by atoms with van der Waals surface area (Å²) < 4.78 is 0. The normalized spacial score (nSPS) is 15.4. The average Bonchev–Trinajstić information content (AvgIpc) is 2.59. The Kier molecular flexibility index (Phi) is 7.54. The molecule has 25 heavy (non-hydrogen) atoms. The topological polar surface area (TPSA) is 35.6 Å². The van der Waals surface area contributed by atoms with Gasteiger partial charge in [0.15, 0.2) is 0 Å². The number of hydrogen-bond acceptors (Lipinski definition) is 3. The summed E-state index contributed by atoms with van der Waals surface area (Å²) in [6.45, 7) is 4.16. The van der Waals surface area contributed by atoms with Crippen molar-refractivity contribution in [2.45, 2.75) is 6.54 Å². The molecule has 1 N–H and O–H groups in total. The average molecular weight is 401 g/mol. The Bertz CT molecular complexity index is 701. The van der Waals surface area contributed by atoms with E-state index < -0.39 is 0 Å². The fourth-order valence-corrected chi connectivity index (χ4v) is 3.02. The van der Waals surface area contributed by atoms with Crippen LogP contribution < -0.4 is 5.43 Å². The van der Waals surface area contributed by atoms with Gasteiger partial charge in [0.1, 0.15) is 0 Å². The van der Waals surface area contributed by atoms with Crippen LogP contribution in [0.5, 0.6) is 0 Å². The lowest BCUT2D eigenvalue weighted by Gasteiger charge is -2.34. The monoisotopic (exact) mass is 399 g/mol. The molecule has 0 aromatic heterocycles. The number of hydrogen-bond donors (Lipinski definition) is 1. The lowest BCUT2D eigenvalue weighted by molar-refractivity contribution is 0.0604. The van der Waals surface area contributed by atoms with Gasteiger partial charge in [-0.3, -0.25) is 15.1 Å². The van der Waals surface area contributed by atoms with Crippen LogP contribution >= 0.6 is 35.6 Å². The molecule has 1 saturated heterocycles. The maximum atomic E-state index is 12.2. The van der Waals surface area contributed by atoms with E-state index >= 15 is 0 Å². The van der Waals surface area contributed by atoms with Crippen LogP contribution in [0.2, 0.25) is 10.0 Å². The van der Waals surface area contributed by atoms with Gasteiger partial charge in [-0.25, -0.2) is 5.01 Å². The van der Waals surface area contributed by atoms with Crippen molar-refractivity contribution in [3.63, 3.8) is 0 Å². The molecule has 1 heterocycles. The van der Waals surface area contributed by atoms with E-state index in [9.17, 15) is 4.79 Å². The number of amides is 1. The van der Waals surface area contributed by atoms with E-state index in [0.717, 1.165) is 43.3 Å². The van der Waals surface area contributed by atoms with E-state index in [0.29, 0.717) is 10.6 Å². The molecule has 0 spiro atoms. The minimum Gasteiger partial charge on any atom is -0.296 e. The van der Waals surface area contributed by atoms with Crippen molar-refractivity contribution >= 4 is 41.5 Å². The van der Waals surface area contributed by atoms with Crippen molar-refractivity contribution in [3.05, 3.63) is 69.7 Å². The van der Waals surface area contributed by atoms with Crippen LogP contribution in [0.25, 0.3) is 0 Å². The van der Waals surface area contributed by atoms with Crippen LogP contribution in [0.4, 0.5) is 0 Å². The maximum absolute atomic E-state index is 12.2. The quantitative estimate of drug-likeness (QED) is 0.846. The van der Waals surface area contributed by atoms with Crippen molar-refractivity contribution < 1.29 is 4.79 Å². The zero-order chi connectivity index (χ0) is 16.9. The largest absolute Gasteiger partial charge is 0.296 e. The van der Waals surface area contributed by atoms with Crippen molar-refractivity contribution in [2.75, 3.05) is 26.2 Å². The number of nitrogens with zero attached hydrogens (tertiary/aromatic N) is 2. The van der Waals surface area contributed by atoms with Gasteiger partial charge in [-0.05, 0) is 35.9 Å². The van der Waals surface area contributed by atoms with Crippen molar-refractivity contribution in [2.24, 2.45) is 0 Å². The molecule has 3 rings (SSSR count). The molecule has 1 fully saturated rings. The lowest BCUT2D eigenvalue weighted by atomic mass is 10.2. The molecule has 2 aromatic carbocycles. The highest BCUT2D eigenvalue weighted by Crippen LogP contribution is 2.17. The summed E-state index contributed by atoms with van der Waals surface area (Å²) in [5.41, 5.74) is 4.70. The highest BCUT2D eigenvalue weighted by Gasteiger charge is 2.19. The SMILES string of the molecule is Cl.O=C(NN1CCN(Cc2ccccc2Cl)CC1)c1ccc(Cl)cc1. The summed E-state index contributed by atoms with van der Waals surface area (Å²) in [6.07, 6.45) is 0. The number of carbonyl (C=O) groups excluding carboxylic acids is 1. The van der Waals surface area contributed by atoms with Crippen molar-refractivity contribution in [1.82, 2.24) is 15.3 Å². The van der Waals surface area contributed by atoms with Crippen molar-refractivity contribution in [3.8, 4) is 0 Å². The molecule has 7 heteroatoms. The molecular formula is C18H20Cl3N3O. The van der Waals surface area contributed by atoms with Gasteiger partial charge < -0.3 is 0 Å². The van der Waals surface area contributed by atoms with E-state index in [1.807, 2.05) is 23.2 Å². The Balaban J connectivity index is 0.00000225. The minimum atomic E-state index is -0.105.